The molecule has 0 aliphatic carbocycles. The van der Waals surface area contributed by atoms with Crippen LogP contribution in [0.4, 0.5) is 0 Å². The van der Waals surface area contributed by atoms with Crippen molar-refractivity contribution < 1.29 is 18.9 Å². The maximum absolute atomic E-state index is 2.62. The van der Waals surface area contributed by atoms with Gasteiger partial charge in [-0.1, -0.05) is 70.9 Å². The standard InChI is InChI=1S/C8H14B.C6H16B.Li/c1-3-7-5-2-6-8(4-1)9-7;1-4-7(5-2)6-3;/h7-8H,1-6H2;7H,4-6H2,1-3H3;/q;-1;+1. The third-order valence-corrected chi connectivity index (χ3v) is 4.97. The second kappa shape index (κ2) is 10.6. The van der Waals surface area contributed by atoms with Crippen molar-refractivity contribution in [3.8, 4) is 0 Å². The van der Waals surface area contributed by atoms with Crippen LogP contribution < -0.4 is 18.9 Å². The largest absolute Gasteiger partial charge is 1.00 e. The molecule has 0 atom stereocenters. The van der Waals surface area contributed by atoms with Crippen LogP contribution in [0.3, 0.4) is 0 Å². The summed E-state index contributed by atoms with van der Waals surface area (Å²) in [5, 5.41) is 0. The quantitative estimate of drug-likeness (QED) is 0.646. The van der Waals surface area contributed by atoms with Crippen LogP contribution in [0.25, 0.3) is 0 Å². The summed E-state index contributed by atoms with van der Waals surface area (Å²) >= 11 is 0. The Balaban J connectivity index is 0.000000296. The van der Waals surface area contributed by atoms with Crippen molar-refractivity contribution in [1.82, 2.24) is 0 Å². The van der Waals surface area contributed by atoms with E-state index < -0.39 is 0 Å². The summed E-state index contributed by atoms with van der Waals surface area (Å²) < 4.78 is 0. The van der Waals surface area contributed by atoms with Crippen LogP contribution in [-0.2, 0) is 0 Å². The zero-order chi connectivity index (χ0) is 11.8. The number of fused-ring (bicyclic) bond motifs is 2. The SMILES string of the molecule is CC[BH-](CC)CC.[B]1C2CCCC1CCC2.[Li+]. The van der Waals surface area contributed by atoms with E-state index in [1.807, 2.05) is 0 Å². The monoisotopic (exact) mass is 227 g/mol. The summed E-state index contributed by atoms with van der Waals surface area (Å²) in [5.41, 5.74) is 0. The second-order valence-corrected chi connectivity index (χ2v) is 6.14. The third-order valence-electron chi connectivity index (χ3n) is 4.97. The van der Waals surface area contributed by atoms with Crippen LogP contribution in [0.2, 0.25) is 30.6 Å². The molecule has 0 aromatic heterocycles. The first-order chi connectivity index (χ1) is 7.80. The van der Waals surface area contributed by atoms with Gasteiger partial charge in [0.15, 0.2) is 0 Å². The van der Waals surface area contributed by atoms with Crippen molar-refractivity contribution in [1.29, 1.82) is 0 Å². The summed E-state index contributed by atoms with van der Waals surface area (Å²) in [5.74, 6) is 2.05. The first-order valence-corrected chi connectivity index (χ1v) is 7.92. The molecule has 2 fully saturated rings. The minimum atomic E-state index is 0. The molecule has 0 nitrogen and oxygen atoms in total. The van der Waals surface area contributed by atoms with Gasteiger partial charge in [0.25, 0.3) is 0 Å². The van der Waals surface area contributed by atoms with Crippen molar-refractivity contribution in [2.45, 2.75) is 89.9 Å². The van der Waals surface area contributed by atoms with Crippen molar-refractivity contribution in [2.75, 3.05) is 0 Å². The molecule has 0 aromatic carbocycles. The van der Waals surface area contributed by atoms with Crippen LogP contribution in [0.5, 0.6) is 0 Å². The molecule has 0 saturated carbocycles. The maximum Gasteiger partial charge on any atom is 1.00 e. The molecule has 0 amide bonds. The molecule has 0 spiro atoms. The fourth-order valence-corrected chi connectivity index (χ4v) is 3.40. The molecule has 2 heterocycles. The normalized spacial score (nSPS) is 26.4. The van der Waals surface area contributed by atoms with Gasteiger partial charge in [-0.15, -0.1) is 0 Å². The second-order valence-electron chi connectivity index (χ2n) is 6.14. The summed E-state index contributed by atoms with van der Waals surface area (Å²) in [7, 11) is 2.62. The Morgan fingerprint density at radius 1 is 0.824 bits per heavy atom. The molecule has 0 N–H and O–H groups in total. The maximum atomic E-state index is 2.62. The molecule has 2 rings (SSSR count). The van der Waals surface area contributed by atoms with E-state index in [1.165, 1.54) is 57.5 Å². The summed E-state index contributed by atoms with van der Waals surface area (Å²) in [6.45, 7) is 7.19. The summed E-state index contributed by atoms with van der Waals surface area (Å²) in [6, 6.07) is 0. The molecule has 2 aliphatic rings. The molecule has 3 heteroatoms. The minimum absolute atomic E-state index is 0. The molecule has 17 heavy (non-hydrogen) atoms. The van der Waals surface area contributed by atoms with Gasteiger partial charge in [-0.2, -0.15) is 19.0 Å². The average molecular weight is 227 g/mol. The number of hydrogen-bond acceptors (Lipinski definition) is 0. The van der Waals surface area contributed by atoms with Gasteiger partial charge in [-0.25, -0.2) is 0 Å². The van der Waals surface area contributed by atoms with Gasteiger partial charge in [-0.05, 0) is 6.71 Å². The number of hydrogen-bond donors (Lipinski definition) is 0. The van der Waals surface area contributed by atoms with E-state index in [-0.39, 0.29) is 18.9 Å². The van der Waals surface area contributed by atoms with E-state index in [4.69, 9.17) is 0 Å². The minimum Gasteiger partial charge on any atom is -0.184 e. The molecular formula is C14H30B2Li. The van der Waals surface area contributed by atoms with Gasteiger partial charge in [0, 0.05) is 0 Å². The Morgan fingerprint density at radius 3 is 1.35 bits per heavy atom. The fourth-order valence-electron chi connectivity index (χ4n) is 3.40. The van der Waals surface area contributed by atoms with E-state index in [0.717, 1.165) is 11.6 Å². The zero-order valence-corrected chi connectivity index (χ0v) is 12.8. The molecular weight excluding hydrogens is 197 g/mol. The van der Waals surface area contributed by atoms with Crippen molar-refractivity contribution in [3.05, 3.63) is 0 Å². The number of rotatable bonds is 3. The van der Waals surface area contributed by atoms with Gasteiger partial charge in [0.1, 0.15) is 7.28 Å². The van der Waals surface area contributed by atoms with Gasteiger partial charge < -0.3 is 0 Å². The first-order valence-electron chi connectivity index (χ1n) is 7.92. The molecule has 2 aliphatic heterocycles. The Labute approximate surface area is 123 Å². The summed E-state index contributed by atoms with van der Waals surface area (Å²) in [6.07, 6.45) is 13.3. The van der Waals surface area contributed by atoms with Crippen LogP contribution in [0.1, 0.15) is 59.3 Å². The predicted molar refractivity (Wildman–Crippen MR) is 79.5 cm³/mol. The van der Waals surface area contributed by atoms with Gasteiger partial charge in [0.2, 0.25) is 0 Å². The molecule has 0 unspecified atom stereocenters. The Hall–Kier alpha value is 0.727. The van der Waals surface area contributed by atoms with E-state index in [9.17, 15) is 0 Å². The molecule has 93 valence electrons. The van der Waals surface area contributed by atoms with Gasteiger partial charge in [-0.3, -0.25) is 0 Å². The van der Waals surface area contributed by atoms with E-state index >= 15 is 0 Å². The molecule has 2 saturated heterocycles. The molecule has 2 bridgehead atoms. The topological polar surface area (TPSA) is 0 Å². The molecule has 1 radical (unpaired) electrons. The fraction of sp³-hybridized carbons (Fsp3) is 1.00. The van der Waals surface area contributed by atoms with Crippen LogP contribution in [0, 0.1) is 0 Å². The Kier molecular flexibility index (Phi) is 11.1. The zero-order valence-electron chi connectivity index (χ0n) is 12.8. The smallest absolute Gasteiger partial charge is 0.184 e. The van der Waals surface area contributed by atoms with Crippen LogP contribution in [0.15, 0.2) is 0 Å². The van der Waals surface area contributed by atoms with E-state index in [1.54, 1.807) is 0 Å². The van der Waals surface area contributed by atoms with Crippen molar-refractivity contribution >= 4 is 14.0 Å². The molecule has 0 aromatic rings. The van der Waals surface area contributed by atoms with Crippen molar-refractivity contribution in [3.63, 3.8) is 0 Å². The average Bonchev–Trinajstić information content (AvgIpc) is 2.32. The van der Waals surface area contributed by atoms with Gasteiger partial charge >= 0.3 is 18.9 Å². The third kappa shape index (κ3) is 7.02. The Morgan fingerprint density at radius 2 is 1.18 bits per heavy atom. The first kappa shape index (κ1) is 17.7. The Bertz CT molecular complexity index is 146. The van der Waals surface area contributed by atoms with E-state index in [2.05, 4.69) is 28.1 Å². The summed E-state index contributed by atoms with van der Waals surface area (Å²) in [4.78, 5) is 0. The van der Waals surface area contributed by atoms with E-state index in [0.29, 0.717) is 6.71 Å². The predicted octanol–water partition coefficient (Wildman–Crippen LogP) is 1.91. The van der Waals surface area contributed by atoms with Crippen LogP contribution >= 0.6 is 0 Å². The van der Waals surface area contributed by atoms with Crippen LogP contribution in [-0.4, -0.2) is 14.0 Å². The van der Waals surface area contributed by atoms with Gasteiger partial charge in [0.05, 0.1) is 0 Å². The van der Waals surface area contributed by atoms with Crippen molar-refractivity contribution in [2.24, 2.45) is 0 Å².